The molecule has 1 saturated heterocycles. The molecule has 5 N–H and O–H groups in total. The normalized spacial score (nSPS) is 19.3. The second-order valence-corrected chi connectivity index (χ2v) is 11.3. The molecule has 0 aromatic carbocycles. The van der Waals surface area contributed by atoms with Gasteiger partial charge in [0.05, 0.1) is 6.26 Å². The molecule has 1 unspecified atom stereocenters. The Morgan fingerprint density at radius 2 is 2.12 bits per heavy atom. The second kappa shape index (κ2) is 10.3. The molecule has 3 aromatic heterocycles. The van der Waals surface area contributed by atoms with Crippen molar-refractivity contribution in [2.24, 2.45) is 5.16 Å². The monoisotopic (exact) mass is 587 g/mol. The molecular formula is C24H23N6O8S2+. The van der Waals surface area contributed by atoms with E-state index in [1.807, 2.05) is 4.57 Å². The number of anilines is 1. The Morgan fingerprint density at radius 3 is 2.80 bits per heavy atom. The van der Waals surface area contributed by atoms with E-state index in [2.05, 4.69) is 15.5 Å². The van der Waals surface area contributed by atoms with E-state index in [-0.39, 0.29) is 28.8 Å². The van der Waals surface area contributed by atoms with Gasteiger partial charge >= 0.3 is 11.9 Å². The number of amides is 2. The Labute approximate surface area is 234 Å². The van der Waals surface area contributed by atoms with Gasteiger partial charge in [-0.3, -0.25) is 14.5 Å². The van der Waals surface area contributed by atoms with Crippen LogP contribution in [0, 0.1) is 0 Å². The van der Waals surface area contributed by atoms with Crippen LogP contribution < -0.4 is 15.6 Å². The minimum absolute atomic E-state index is 0.0277. The van der Waals surface area contributed by atoms with Crippen molar-refractivity contribution in [2.75, 3.05) is 11.5 Å². The third-order valence-electron chi connectivity index (χ3n) is 6.25. The largest absolute Gasteiger partial charge is 0.478 e. The quantitative estimate of drug-likeness (QED) is 0.119. The smallest absolute Gasteiger partial charge is 0.352 e. The van der Waals surface area contributed by atoms with Crippen molar-refractivity contribution in [3.05, 3.63) is 53.0 Å². The standard InChI is InChI=1S/C24H22N6O8S2/c1-24(2,22(35)36)38-28-15(12-10-40-23(25)26-12)18(31)27-16-19(32)30-17(21(33)34)11(9-39-20(16)30)8-29-6-3-4-14-13(29)5-7-37-14/h3-7,10,16,20H,8-9H2,1-2H3,(H4-,25,26,27,31,33,34,35,36)/p+1/t16?,20-/m0/s1. The first-order valence-corrected chi connectivity index (χ1v) is 13.7. The molecule has 2 amide bonds. The number of nitrogens with zero attached hydrogens (tertiary/aromatic N) is 4. The van der Waals surface area contributed by atoms with E-state index >= 15 is 0 Å². The highest BCUT2D eigenvalue weighted by atomic mass is 32.2. The molecule has 2 atom stereocenters. The Hall–Kier alpha value is -4.44. The van der Waals surface area contributed by atoms with Crippen LogP contribution in [0.3, 0.4) is 0 Å². The summed E-state index contributed by atoms with van der Waals surface area (Å²) in [6, 6.07) is 4.28. The third-order valence-corrected chi connectivity index (χ3v) is 8.27. The number of carbonyl (C=O) groups is 4. The molecule has 5 rings (SSSR count). The highest BCUT2D eigenvalue weighted by Gasteiger charge is 2.55. The van der Waals surface area contributed by atoms with Gasteiger partial charge < -0.3 is 30.5 Å². The fourth-order valence-corrected chi connectivity index (χ4v) is 6.03. The molecule has 16 heteroatoms. The lowest BCUT2D eigenvalue weighted by atomic mass is 10.0. The summed E-state index contributed by atoms with van der Waals surface area (Å²) in [5.41, 5.74) is 5.37. The molecule has 0 bridgehead atoms. The van der Waals surface area contributed by atoms with E-state index in [1.165, 1.54) is 37.3 Å². The number of pyridine rings is 1. The minimum Gasteiger partial charge on any atom is -0.478 e. The van der Waals surface area contributed by atoms with Crippen LogP contribution in [0.5, 0.6) is 0 Å². The van der Waals surface area contributed by atoms with E-state index in [0.717, 1.165) is 21.8 Å². The van der Waals surface area contributed by atoms with Crippen LogP contribution in [-0.2, 0) is 30.6 Å². The third kappa shape index (κ3) is 4.86. The number of fused-ring (bicyclic) bond motifs is 2. The number of hydrogen-bond donors (Lipinski definition) is 4. The SMILES string of the molecule is CC(C)(ON=C(C(=O)NC1C(=O)N2C(C(=O)O)=C(C[n+]3cccc4occc43)CS[C@@H]12)c1csc(N)n1)C(=O)O. The number of hydrogen-bond acceptors (Lipinski definition) is 11. The van der Waals surface area contributed by atoms with Crippen molar-refractivity contribution in [2.45, 2.75) is 37.4 Å². The number of oxime groups is 1. The molecule has 2 aliphatic rings. The number of carboxylic acids is 2. The van der Waals surface area contributed by atoms with E-state index in [0.29, 0.717) is 16.9 Å². The zero-order valence-corrected chi connectivity index (χ0v) is 22.7. The molecule has 0 radical (unpaired) electrons. The molecule has 0 spiro atoms. The van der Waals surface area contributed by atoms with Gasteiger partial charge in [0.2, 0.25) is 5.60 Å². The van der Waals surface area contributed by atoms with Crippen LogP contribution >= 0.6 is 23.1 Å². The number of carboxylic acid groups (broad SMARTS) is 2. The molecule has 5 heterocycles. The van der Waals surface area contributed by atoms with E-state index < -0.39 is 40.8 Å². The van der Waals surface area contributed by atoms with Gasteiger partial charge in [0, 0.05) is 28.8 Å². The molecule has 1 fully saturated rings. The first-order valence-electron chi connectivity index (χ1n) is 11.8. The van der Waals surface area contributed by atoms with Crippen molar-refractivity contribution in [3.8, 4) is 0 Å². The number of thioether (sulfide) groups is 1. The predicted octanol–water partition coefficient (Wildman–Crippen LogP) is 0.782. The highest BCUT2D eigenvalue weighted by Crippen LogP contribution is 2.40. The van der Waals surface area contributed by atoms with E-state index in [4.69, 9.17) is 15.0 Å². The van der Waals surface area contributed by atoms with Crippen molar-refractivity contribution in [1.82, 2.24) is 15.2 Å². The number of nitrogen functional groups attached to an aromatic ring is 1. The average molecular weight is 588 g/mol. The number of aromatic nitrogens is 2. The van der Waals surface area contributed by atoms with Crippen molar-refractivity contribution < 1.29 is 43.2 Å². The van der Waals surface area contributed by atoms with Crippen LogP contribution in [0.15, 0.2) is 56.9 Å². The van der Waals surface area contributed by atoms with Gasteiger partial charge in [-0.15, -0.1) is 23.1 Å². The fraction of sp³-hybridized carbons (Fsp3) is 0.292. The van der Waals surface area contributed by atoms with E-state index in [1.54, 1.807) is 24.4 Å². The number of nitrogens with two attached hydrogens (primary N) is 1. The number of carbonyl (C=O) groups excluding carboxylic acids is 2. The zero-order chi connectivity index (χ0) is 28.8. The molecular weight excluding hydrogens is 564 g/mol. The van der Waals surface area contributed by atoms with Gasteiger partial charge in [-0.1, -0.05) is 5.16 Å². The van der Waals surface area contributed by atoms with Gasteiger partial charge in [-0.25, -0.2) is 14.6 Å². The molecule has 2 aliphatic heterocycles. The van der Waals surface area contributed by atoms with Crippen molar-refractivity contribution >= 4 is 68.8 Å². The highest BCUT2D eigenvalue weighted by molar-refractivity contribution is 8.00. The Bertz CT molecular complexity index is 1610. The van der Waals surface area contributed by atoms with Crippen LogP contribution in [-0.4, -0.2) is 72.3 Å². The van der Waals surface area contributed by atoms with Gasteiger partial charge in [-0.05, 0) is 19.9 Å². The molecule has 0 aliphatic carbocycles. The maximum absolute atomic E-state index is 13.2. The van der Waals surface area contributed by atoms with Gasteiger partial charge in [0.15, 0.2) is 29.2 Å². The van der Waals surface area contributed by atoms with Gasteiger partial charge in [-0.2, -0.15) is 4.57 Å². The summed E-state index contributed by atoms with van der Waals surface area (Å²) >= 11 is 2.33. The summed E-state index contributed by atoms with van der Waals surface area (Å²) < 4.78 is 7.25. The molecule has 40 heavy (non-hydrogen) atoms. The Morgan fingerprint density at radius 1 is 1.35 bits per heavy atom. The molecule has 3 aromatic rings. The lowest BCUT2D eigenvalue weighted by molar-refractivity contribution is -0.663. The Balaban J connectivity index is 1.38. The topological polar surface area (TPSA) is 202 Å². The number of thiazole rings is 1. The minimum atomic E-state index is -1.76. The lowest BCUT2D eigenvalue weighted by Gasteiger charge is -2.49. The van der Waals surface area contributed by atoms with Crippen LogP contribution in [0.1, 0.15) is 19.5 Å². The van der Waals surface area contributed by atoms with Crippen LogP contribution in [0.2, 0.25) is 0 Å². The van der Waals surface area contributed by atoms with Crippen molar-refractivity contribution in [1.29, 1.82) is 0 Å². The first kappa shape index (κ1) is 27.1. The first-order chi connectivity index (χ1) is 19.0. The van der Waals surface area contributed by atoms with Gasteiger partial charge in [0.25, 0.3) is 17.3 Å². The maximum atomic E-state index is 13.2. The summed E-state index contributed by atoms with van der Waals surface area (Å²) in [4.78, 5) is 60.4. The number of β-lactam (4-membered cyclic amide) rings is 1. The summed E-state index contributed by atoms with van der Waals surface area (Å²) in [5.74, 6) is -3.76. The van der Waals surface area contributed by atoms with Crippen molar-refractivity contribution in [3.63, 3.8) is 0 Å². The molecule has 0 saturated carbocycles. The number of aliphatic carboxylic acids is 2. The van der Waals surface area contributed by atoms with E-state index in [9.17, 15) is 29.4 Å². The average Bonchev–Trinajstić information content (AvgIpc) is 3.56. The molecule has 14 nitrogen and oxygen atoms in total. The maximum Gasteiger partial charge on any atom is 0.352 e. The predicted molar refractivity (Wildman–Crippen MR) is 142 cm³/mol. The van der Waals surface area contributed by atoms with Crippen LogP contribution in [0.4, 0.5) is 5.13 Å². The summed E-state index contributed by atoms with van der Waals surface area (Å²) in [7, 11) is 0. The second-order valence-electron chi connectivity index (χ2n) is 9.34. The molecule has 208 valence electrons. The van der Waals surface area contributed by atoms with Gasteiger partial charge in [0.1, 0.15) is 22.8 Å². The lowest BCUT2D eigenvalue weighted by Crippen LogP contribution is -2.71. The number of nitrogens with one attached hydrogen (secondary N) is 1. The summed E-state index contributed by atoms with van der Waals surface area (Å²) in [6.45, 7) is 2.72. The Kier molecular flexibility index (Phi) is 6.97. The number of rotatable bonds is 9. The summed E-state index contributed by atoms with van der Waals surface area (Å²) in [6.07, 6.45) is 3.33. The summed E-state index contributed by atoms with van der Waals surface area (Å²) in [5, 5.41) is 26.5. The fourth-order valence-electron chi connectivity index (χ4n) is 4.15. The number of furan rings is 1. The zero-order valence-electron chi connectivity index (χ0n) is 21.1. The van der Waals surface area contributed by atoms with Crippen LogP contribution in [0.25, 0.3) is 11.1 Å².